The van der Waals surface area contributed by atoms with Crippen molar-refractivity contribution in [2.24, 2.45) is 0 Å². The highest BCUT2D eigenvalue weighted by molar-refractivity contribution is 7.10. The quantitative estimate of drug-likeness (QED) is 0.630. The van der Waals surface area contributed by atoms with E-state index in [1.54, 1.807) is 12.1 Å². The molecule has 0 saturated carbocycles. The van der Waals surface area contributed by atoms with E-state index in [4.69, 9.17) is 4.74 Å². The smallest absolute Gasteiger partial charge is 0.416 e. The molecule has 1 atom stereocenters. The Morgan fingerprint density at radius 3 is 2.64 bits per heavy atom. The van der Waals surface area contributed by atoms with E-state index in [2.05, 4.69) is 5.32 Å². The standard InChI is InChI=1S/C17H14F3NO3S/c1-11(24-15(22)8-7-14-6-3-9-25-14)16(23)21-13-5-2-4-12(10-13)17(18,19)20/h2-11H,1H3,(H,21,23)/b8-7+. The minimum atomic E-state index is -4.51. The van der Waals surface area contributed by atoms with Gasteiger partial charge in [0.1, 0.15) is 0 Å². The highest BCUT2D eigenvalue weighted by atomic mass is 32.1. The van der Waals surface area contributed by atoms with Crippen LogP contribution in [0.4, 0.5) is 18.9 Å². The number of anilines is 1. The van der Waals surface area contributed by atoms with Crippen LogP contribution in [-0.2, 0) is 20.5 Å². The molecule has 0 aliphatic heterocycles. The molecule has 132 valence electrons. The molecule has 0 fully saturated rings. The summed E-state index contributed by atoms with van der Waals surface area (Å²) in [6.45, 7) is 1.33. The topological polar surface area (TPSA) is 55.4 Å². The first-order valence-electron chi connectivity index (χ1n) is 7.16. The van der Waals surface area contributed by atoms with E-state index < -0.39 is 29.7 Å². The monoisotopic (exact) mass is 369 g/mol. The lowest BCUT2D eigenvalue weighted by atomic mass is 10.2. The summed E-state index contributed by atoms with van der Waals surface area (Å²) in [6, 6.07) is 7.83. The lowest BCUT2D eigenvalue weighted by molar-refractivity contribution is -0.148. The van der Waals surface area contributed by atoms with E-state index in [1.165, 1.54) is 36.5 Å². The first-order valence-corrected chi connectivity index (χ1v) is 8.04. The zero-order valence-electron chi connectivity index (χ0n) is 13.0. The molecule has 0 spiro atoms. The number of ether oxygens (including phenoxy) is 1. The van der Waals surface area contributed by atoms with Gasteiger partial charge in [0.15, 0.2) is 6.10 Å². The number of nitrogens with one attached hydrogen (secondary N) is 1. The summed E-state index contributed by atoms with van der Waals surface area (Å²) in [5.74, 6) is -1.45. The van der Waals surface area contributed by atoms with Crippen LogP contribution in [0.5, 0.6) is 0 Å². The molecule has 0 aliphatic carbocycles. The van der Waals surface area contributed by atoms with E-state index in [-0.39, 0.29) is 5.69 Å². The lowest BCUT2D eigenvalue weighted by Crippen LogP contribution is -2.29. The molecule has 1 unspecified atom stereocenters. The predicted molar refractivity (Wildman–Crippen MR) is 89.0 cm³/mol. The number of esters is 1. The normalized spacial score (nSPS) is 12.8. The molecule has 2 rings (SSSR count). The van der Waals surface area contributed by atoms with Crippen molar-refractivity contribution in [1.29, 1.82) is 0 Å². The van der Waals surface area contributed by atoms with Gasteiger partial charge in [0.2, 0.25) is 0 Å². The second-order valence-electron chi connectivity index (χ2n) is 5.00. The Hall–Kier alpha value is -2.61. The maximum atomic E-state index is 12.6. The number of hydrogen-bond donors (Lipinski definition) is 1. The van der Waals surface area contributed by atoms with E-state index in [1.807, 2.05) is 11.4 Å². The molecule has 0 aliphatic rings. The number of benzene rings is 1. The molecular weight excluding hydrogens is 355 g/mol. The second kappa shape index (κ2) is 7.98. The molecule has 2 aromatic rings. The second-order valence-corrected chi connectivity index (χ2v) is 5.97. The number of hydrogen-bond acceptors (Lipinski definition) is 4. The van der Waals surface area contributed by atoms with Crippen LogP contribution < -0.4 is 5.32 Å². The number of rotatable bonds is 5. The molecular formula is C17H14F3NO3S. The average Bonchev–Trinajstić information content (AvgIpc) is 3.05. The van der Waals surface area contributed by atoms with Gasteiger partial charge in [-0.15, -0.1) is 11.3 Å². The summed E-state index contributed by atoms with van der Waals surface area (Å²) >= 11 is 1.43. The Morgan fingerprint density at radius 1 is 1.24 bits per heavy atom. The van der Waals surface area contributed by atoms with Crippen LogP contribution in [0.1, 0.15) is 17.4 Å². The van der Waals surface area contributed by atoms with Gasteiger partial charge in [-0.1, -0.05) is 12.1 Å². The van der Waals surface area contributed by atoms with Crippen LogP contribution in [0.25, 0.3) is 6.08 Å². The van der Waals surface area contributed by atoms with Crippen LogP contribution in [0.3, 0.4) is 0 Å². The molecule has 8 heteroatoms. The maximum absolute atomic E-state index is 12.6. The van der Waals surface area contributed by atoms with Crippen molar-refractivity contribution in [3.63, 3.8) is 0 Å². The Kier molecular flexibility index (Phi) is 5.97. The SMILES string of the molecule is CC(OC(=O)/C=C/c1cccs1)C(=O)Nc1cccc(C(F)(F)F)c1. The van der Waals surface area contributed by atoms with Crippen molar-refractivity contribution in [3.8, 4) is 0 Å². The van der Waals surface area contributed by atoms with Crippen molar-refractivity contribution in [2.75, 3.05) is 5.32 Å². The fraction of sp³-hybridized carbons (Fsp3) is 0.176. The van der Waals surface area contributed by atoms with Gasteiger partial charge < -0.3 is 10.1 Å². The molecule has 1 heterocycles. The summed E-state index contributed by atoms with van der Waals surface area (Å²) in [6.07, 6.45) is -2.94. The first-order chi connectivity index (χ1) is 11.8. The van der Waals surface area contributed by atoms with Crippen LogP contribution in [0.2, 0.25) is 0 Å². The van der Waals surface area contributed by atoms with Crippen molar-refractivity contribution < 1.29 is 27.5 Å². The fourth-order valence-electron chi connectivity index (χ4n) is 1.82. The molecule has 1 aromatic heterocycles. The third-order valence-corrected chi connectivity index (χ3v) is 3.88. The van der Waals surface area contributed by atoms with Crippen molar-refractivity contribution >= 4 is 35.0 Å². The Balaban J connectivity index is 1.93. The molecule has 0 radical (unpaired) electrons. The molecule has 1 N–H and O–H groups in total. The Labute approximate surface area is 145 Å². The van der Waals surface area contributed by atoms with Crippen molar-refractivity contribution in [1.82, 2.24) is 0 Å². The van der Waals surface area contributed by atoms with E-state index in [0.29, 0.717) is 0 Å². The highest BCUT2D eigenvalue weighted by Crippen LogP contribution is 2.30. The van der Waals surface area contributed by atoms with Crippen molar-refractivity contribution in [2.45, 2.75) is 19.2 Å². The third-order valence-electron chi connectivity index (χ3n) is 3.05. The van der Waals surface area contributed by atoms with Gasteiger partial charge in [-0.05, 0) is 42.6 Å². The summed E-state index contributed by atoms with van der Waals surface area (Å²) in [4.78, 5) is 24.5. The predicted octanol–water partition coefficient (Wildman–Crippen LogP) is 4.35. The zero-order valence-corrected chi connectivity index (χ0v) is 13.9. The molecule has 1 amide bonds. The minimum Gasteiger partial charge on any atom is -0.449 e. The Bertz CT molecular complexity index is 770. The zero-order chi connectivity index (χ0) is 18.4. The van der Waals surface area contributed by atoms with Gasteiger partial charge >= 0.3 is 12.1 Å². The van der Waals surface area contributed by atoms with Gasteiger partial charge in [-0.3, -0.25) is 4.79 Å². The number of carbonyl (C=O) groups excluding carboxylic acids is 2. The maximum Gasteiger partial charge on any atom is 0.416 e. The van der Waals surface area contributed by atoms with Crippen LogP contribution in [0.15, 0.2) is 47.9 Å². The van der Waals surface area contributed by atoms with E-state index >= 15 is 0 Å². The van der Waals surface area contributed by atoms with E-state index in [9.17, 15) is 22.8 Å². The number of thiophene rings is 1. The molecule has 4 nitrogen and oxygen atoms in total. The molecule has 1 aromatic carbocycles. The summed E-state index contributed by atoms with van der Waals surface area (Å²) in [7, 11) is 0. The molecule has 0 saturated heterocycles. The van der Waals surface area contributed by atoms with Gasteiger partial charge in [0, 0.05) is 16.6 Å². The lowest BCUT2D eigenvalue weighted by Gasteiger charge is -2.13. The highest BCUT2D eigenvalue weighted by Gasteiger charge is 2.30. The van der Waals surface area contributed by atoms with Crippen LogP contribution in [0, 0.1) is 0 Å². The van der Waals surface area contributed by atoms with Crippen LogP contribution in [-0.4, -0.2) is 18.0 Å². The summed E-state index contributed by atoms with van der Waals surface area (Å²) in [5.41, 5.74) is -0.911. The molecule has 25 heavy (non-hydrogen) atoms. The average molecular weight is 369 g/mol. The fourth-order valence-corrected chi connectivity index (χ4v) is 2.44. The van der Waals surface area contributed by atoms with Gasteiger partial charge in [0.25, 0.3) is 5.91 Å². The van der Waals surface area contributed by atoms with Gasteiger partial charge in [0.05, 0.1) is 5.56 Å². The Morgan fingerprint density at radius 2 is 2.00 bits per heavy atom. The first kappa shape index (κ1) is 18.7. The number of halogens is 3. The number of alkyl halides is 3. The minimum absolute atomic E-state index is 0.0307. The largest absolute Gasteiger partial charge is 0.449 e. The molecule has 0 bridgehead atoms. The van der Waals surface area contributed by atoms with Crippen molar-refractivity contribution in [3.05, 3.63) is 58.3 Å². The van der Waals surface area contributed by atoms with Gasteiger partial charge in [-0.25, -0.2) is 4.79 Å². The summed E-state index contributed by atoms with van der Waals surface area (Å²) in [5, 5.41) is 4.13. The third kappa shape index (κ3) is 5.75. The van der Waals surface area contributed by atoms with Crippen LogP contribution >= 0.6 is 11.3 Å². The summed E-state index contributed by atoms with van der Waals surface area (Å²) < 4.78 is 42.9. The van der Waals surface area contributed by atoms with E-state index in [0.717, 1.165) is 17.0 Å². The number of amides is 1. The number of carbonyl (C=O) groups is 2. The van der Waals surface area contributed by atoms with Gasteiger partial charge in [-0.2, -0.15) is 13.2 Å².